The Balaban J connectivity index is 0.00000180. The Bertz CT molecular complexity index is 425. The second-order valence-corrected chi connectivity index (χ2v) is 5.08. The van der Waals surface area contributed by atoms with E-state index in [0.717, 1.165) is 12.1 Å². The van der Waals surface area contributed by atoms with Gasteiger partial charge in [-0.2, -0.15) is 0 Å². The Morgan fingerprint density at radius 2 is 2.21 bits per heavy atom. The van der Waals surface area contributed by atoms with E-state index in [0.29, 0.717) is 24.1 Å². The lowest BCUT2D eigenvalue weighted by Gasteiger charge is -2.29. The van der Waals surface area contributed by atoms with E-state index >= 15 is 0 Å². The van der Waals surface area contributed by atoms with Crippen LogP contribution in [0, 0.1) is 5.92 Å². The van der Waals surface area contributed by atoms with Crippen molar-refractivity contribution in [3.05, 3.63) is 29.6 Å². The molecule has 1 aromatic rings. The summed E-state index contributed by atoms with van der Waals surface area (Å²) in [6.07, 6.45) is 6.41. The number of carbonyl (C=O) groups excluding carboxylic acids is 1. The molecule has 106 valence electrons. The lowest BCUT2D eigenvalue weighted by molar-refractivity contribution is 0.0910. The number of carbonyl (C=O) groups is 1. The van der Waals surface area contributed by atoms with Crippen molar-refractivity contribution < 1.29 is 4.79 Å². The zero-order valence-electron chi connectivity index (χ0n) is 11.3. The molecule has 1 aliphatic carbocycles. The number of aromatic nitrogens is 1. The highest BCUT2D eigenvalue weighted by atomic mass is 35.5. The highest BCUT2D eigenvalue weighted by molar-refractivity contribution is 5.94. The predicted octanol–water partition coefficient (Wildman–Crippen LogP) is 2.27. The Hall–Kier alpha value is -1.13. The number of hydrogen-bond donors (Lipinski definition) is 2. The van der Waals surface area contributed by atoms with Gasteiger partial charge in [0.2, 0.25) is 0 Å². The van der Waals surface area contributed by atoms with Crippen molar-refractivity contribution in [3.8, 4) is 0 Å². The summed E-state index contributed by atoms with van der Waals surface area (Å²) >= 11 is 0. The number of halogens is 1. The summed E-state index contributed by atoms with van der Waals surface area (Å²) in [5, 5.41) is 3.13. The largest absolute Gasteiger partial charge is 0.349 e. The van der Waals surface area contributed by atoms with Gasteiger partial charge in [0.15, 0.2) is 0 Å². The number of nitrogens with two attached hydrogens (primary N) is 1. The van der Waals surface area contributed by atoms with Gasteiger partial charge >= 0.3 is 0 Å². The molecule has 0 aliphatic heterocycles. The molecule has 2 unspecified atom stereocenters. The molecular weight excluding hydrogens is 262 g/mol. The van der Waals surface area contributed by atoms with Gasteiger partial charge in [-0.1, -0.05) is 19.8 Å². The quantitative estimate of drug-likeness (QED) is 0.894. The van der Waals surface area contributed by atoms with Crippen LogP contribution < -0.4 is 11.1 Å². The molecule has 19 heavy (non-hydrogen) atoms. The smallest absolute Gasteiger partial charge is 0.251 e. The Labute approximate surface area is 120 Å². The minimum Gasteiger partial charge on any atom is -0.349 e. The van der Waals surface area contributed by atoms with Gasteiger partial charge in [-0.3, -0.25) is 9.78 Å². The monoisotopic (exact) mass is 283 g/mol. The second kappa shape index (κ2) is 7.46. The molecular formula is C14H22ClN3O. The summed E-state index contributed by atoms with van der Waals surface area (Å²) in [5.74, 6) is 0.560. The van der Waals surface area contributed by atoms with Crippen LogP contribution in [-0.4, -0.2) is 16.9 Å². The normalized spacial score (nSPS) is 22.4. The predicted molar refractivity (Wildman–Crippen MR) is 78.3 cm³/mol. The van der Waals surface area contributed by atoms with E-state index in [1.165, 1.54) is 19.3 Å². The molecule has 1 saturated carbocycles. The van der Waals surface area contributed by atoms with E-state index < -0.39 is 0 Å². The van der Waals surface area contributed by atoms with Crippen molar-refractivity contribution in [2.24, 2.45) is 11.7 Å². The Morgan fingerprint density at radius 1 is 1.47 bits per heavy atom. The van der Waals surface area contributed by atoms with E-state index in [9.17, 15) is 4.79 Å². The molecule has 1 aromatic heterocycles. The van der Waals surface area contributed by atoms with Crippen molar-refractivity contribution in [2.45, 2.75) is 45.2 Å². The maximum absolute atomic E-state index is 12.1. The van der Waals surface area contributed by atoms with Gasteiger partial charge in [-0.05, 0) is 30.9 Å². The average molecular weight is 284 g/mol. The first-order chi connectivity index (χ1) is 8.70. The van der Waals surface area contributed by atoms with E-state index in [2.05, 4.69) is 17.2 Å². The van der Waals surface area contributed by atoms with Gasteiger partial charge in [0.25, 0.3) is 5.91 Å². The third-order valence-electron chi connectivity index (χ3n) is 3.72. The van der Waals surface area contributed by atoms with Crippen LogP contribution in [0.15, 0.2) is 18.3 Å². The molecule has 0 aromatic carbocycles. The maximum Gasteiger partial charge on any atom is 0.251 e. The topological polar surface area (TPSA) is 68.0 Å². The van der Waals surface area contributed by atoms with Crippen LogP contribution >= 0.6 is 12.4 Å². The van der Waals surface area contributed by atoms with Crippen LogP contribution in [0.5, 0.6) is 0 Å². The maximum atomic E-state index is 12.1. The molecule has 3 N–H and O–H groups in total. The molecule has 0 spiro atoms. The fourth-order valence-electron chi connectivity index (χ4n) is 2.51. The summed E-state index contributed by atoms with van der Waals surface area (Å²) in [7, 11) is 0. The molecule has 0 bridgehead atoms. The molecule has 0 saturated heterocycles. The fraction of sp³-hybridized carbons (Fsp3) is 0.571. The van der Waals surface area contributed by atoms with Crippen LogP contribution in [0.3, 0.4) is 0 Å². The SMILES string of the molecule is CC1CCCCC1NC(=O)c1ccnc(CN)c1.Cl. The van der Waals surface area contributed by atoms with Crippen molar-refractivity contribution >= 4 is 18.3 Å². The third-order valence-corrected chi connectivity index (χ3v) is 3.72. The van der Waals surface area contributed by atoms with Crippen LogP contribution in [0.25, 0.3) is 0 Å². The molecule has 2 atom stereocenters. The number of hydrogen-bond acceptors (Lipinski definition) is 3. The van der Waals surface area contributed by atoms with Crippen molar-refractivity contribution in [2.75, 3.05) is 0 Å². The average Bonchev–Trinajstić information content (AvgIpc) is 2.41. The highest BCUT2D eigenvalue weighted by Crippen LogP contribution is 2.23. The number of rotatable bonds is 3. The summed E-state index contributed by atoms with van der Waals surface area (Å²) in [6.45, 7) is 2.57. The summed E-state index contributed by atoms with van der Waals surface area (Å²) < 4.78 is 0. The van der Waals surface area contributed by atoms with E-state index in [1.54, 1.807) is 18.3 Å². The molecule has 2 rings (SSSR count). The first-order valence-electron chi connectivity index (χ1n) is 6.66. The molecule has 5 heteroatoms. The third kappa shape index (κ3) is 4.18. The van der Waals surface area contributed by atoms with Crippen molar-refractivity contribution in [1.82, 2.24) is 10.3 Å². The van der Waals surface area contributed by atoms with Crippen molar-refractivity contribution in [3.63, 3.8) is 0 Å². The van der Waals surface area contributed by atoms with Gasteiger partial charge in [0.05, 0.1) is 5.69 Å². The van der Waals surface area contributed by atoms with Gasteiger partial charge in [0.1, 0.15) is 0 Å². The lowest BCUT2D eigenvalue weighted by Crippen LogP contribution is -2.41. The Kier molecular flexibility index (Phi) is 6.25. The first-order valence-corrected chi connectivity index (χ1v) is 6.66. The summed E-state index contributed by atoms with van der Waals surface area (Å²) in [6, 6.07) is 3.81. The Morgan fingerprint density at radius 3 is 2.89 bits per heavy atom. The lowest BCUT2D eigenvalue weighted by atomic mass is 9.86. The summed E-state index contributed by atoms with van der Waals surface area (Å²) in [4.78, 5) is 16.2. The number of nitrogens with one attached hydrogen (secondary N) is 1. The molecule has 1 fully saturated rings. The number of amides is 1. The minimum atomic E-state index is -0.00847. The summed E-state index contributed by atoms with van der Waals surface area (Å²) in [5.41, 5.74) is 6.94. The van der Waals surface area contributed by atoms with Crippen LogP contribution in [0.1, 0.15) is 48.7 Å². The molecule has 1 amide bonds. The zero-order valence-corrected chi connectivity index (χ0v) is 12.1. The molecule has 0 radical (unpaired) electrons. The molecule has 1 heterocycles. The first kappa shape index (κ1) is 15.9. The van der Waals surface area contributed by atoms with E-state index in [-0.39, 0.29) is 18.3 Å². The zero-order chi connectivity index (χ0) is 13.0. The highest BCUT2D eigenvalue weighted by Gasteiger charge is 2.23. The standard InChI is InChI=1S/C14H21N3O.ClH/c1-10-4-2-3-5-13(10)17-14(18)11-6-7-16-12(8-11)9-15;/h6-8,10,13H,2-5,9,15H2,1H3,(H,17,18);1H. The van der Waals surface area contributed by atoms with Crippen LogP contribution in [0.4, 0.5) is 0 Å². The minimum absolute atomic E-state index is 0. The van der Waals surface area contributed by atoms with Crippen LogP contribution in [0.2, 0.25) is 0 Å². The van der Waals surface area contributed by atoms with Crippen molar-refractivity contribution in [1.29, 1.82) is 0 Å². The van der Waals surface area contributed by atoms with Gasteiger partial charge in [-0.25, -0.2) is 0 Å². The number of nitrogens with zero attached hydrogens (tertiary/aromatic N) is 1. The van der Waals surface area contributed by atoms with Gasteiger partial charge in [-0.15, -0.1) is 12.4 Å². The fourth-order valence-corrected chi connectivity index (χ4v) is 2.51. The van der Waals surface area contributed by atoms with Gasteiger partial charge < -0.3 is 11.1 Å². The van der Waals surface area contributed by atoms with E-state index in [4.69, 9.17) is 5.73 Å². The van der Waals surface area contributed by atoms with Gasteiger partial charge in [0, 0.05) is 24.3 Å². The number of pyridine rings is 1. The second-order valence-electron chi connectivity index (χ2n) is 5.08. The molecule has 4 nitrogen and oxygen atoms in total. The van der Waals surface area contributed by atoms with Crippen LogP contribution in [-0.2, 0) is 6.54 Å². The molecule has 1 aliphatic rings. The van der Waals surface area contributed by atoms with E-state index in [1.807, 2.05) is 0 Å².